The first kappa shape index (κ1) is 8.00. The van der Waals surface area contributed by atoms with Gasteiger partial charge in [0.15, 0.2) is 14.9 Å². The highest BCUT2D eigenvalue weighted by atomic mass is 32.2. The molecule has 0 fully saturated rings. The van der Waals surface area contributed by atoms with Crippen molar-refractivity contribution in [3.8, 4) is 0 Å². The molecule has 1 aromatic rings. The zero-order valence-corrected chi connectivity index (χ0v) is 6.80. The molecule has 0 aliphatic rings. The van der Waals surface area contributed by atoms with Gasteiger partial charge < -0.3 is 5.73 Å². The molecule has 0 unspecified atom stereocenters. The highest BCUT2D eigenvalue weighted by molar-refractivity contribution is 7.90. The molecule has 0 radical (unpaired) electrons. The first-order valence-corrected chi connectivity index (χ1v) is 4.81. The molecule has 1 aromatic heterocycles. The Labute approximate surface area is 65.0 Å². The summed E-state index contributed by atoms with van der Waals surface area (Å²) in [6.45, 7) is 0. The van der Waals surface area contributed by atoms with Gasteiger partial charge in [-0.25, -0.2) is 13.4 Å². The molecule has 0 aromatic carbocycles. The van der Waals surface area contributed by atoms with E-state index in [-0.39, 0.29) is 10.7 Å². The lowest BCUT2D eigenvalue weighted by Gasteiger charge is -1.98. The van der Waals surface area contributed by atoms with Crippen molar-refractivity contribution in [2.24, 2.45) is 0 Å². The van der Waals surface area contributed by atoms with Crippen LogP contribution < -0.4 is 5.73 Å². The van der Waals surface area contributed by atoms with E-state index in [4.69, 9.17) is 5.73 Å². The van der Waals surface area contributed by atoms with E-state index in [0.717, 1.165) is 6.26 Å². The maximum atomic E-state index is 10.9. The van der Waals surface area contributed by atoms with E-state index in [0.29, 0.717) is 0 Å². The Morgan fingerprint density at radius 3 is 2.55 bits per heavy atom. The molecule has 0 saturated heterocycles. The van der Waals surface area contributed by atoms with Crippen LogP contribution in [0.2, 0.25) is 0 Å². The van der Waals surface area contributed by atoms with Crippen molar-refractivity contribution in [1.82, 2.24) is 4.98 Å². The fourth-order valence-electron chi connectivity index (χ4n) is 0.713. The Morgan fingerprint density at radius 2 is 2.18 bits per heavy atom. The van der Waals surface area contributed by atoms with Gasteiger partial charge in [0.25, 0.3) is 0 Å². The Hall–Kier alpha value is -1.10. The van der Waals surface area contributed by atoms with E-state index in [9.17, 15) is 8.42 Å². The predicted octanol–water partition coefficient (Wildman–Crippen LogP) is 0.0673. The standard InChI is InChI=1S/C6H8N2O2S/c1-11(9,10)6-5(7)3-2-4-8-6/h2-4H,7H2,1H3. The normalized spacial score (nSPS) is 11.4. The summed E-state index contributed by atoms with van der Waals surface area (Å²) in [5, 5.41) is -0.0556. The fraction of sp³-hybridized carbons (Fsp3) is 0.167. The van der Waals surface area contributed by atoms with Crippen molar-refractivity contribution in [2.75, 3.05) is 12.0 Å². The number of nitrogens with zero attached hydrogens (tertiary/aromatic N) is 1. The molecular weight excluding hydrogens is 164 g/mol. The van der Waals surface area contributed by atoms with E-state index >= 15 is 0 Å². The monoisotopic (exact) mass is 172 g/mol. The summed E-state index contributed by atoms with van der Waals surface area (Å²) < 4.78 is 21.8. The molecule has 4 nitrogen and oxygen atoms in total. The molecule has 0 aliphatic heterocycles. The lowest BCUT2D eigenvalue weighted by Crippen LogP contribution is -2.04. The second kappa shape index (κ2) is 2.50. The number of sulfone groups is 1. The third-order valence-electron chi connectivity index (χ3n) is 1.15. The number of rotatable bonds is 1. The first-order valence-electron chi connectivity index (χ1n) is 2.92. The van der Waals surface area contributed by atoms with E-state index in [1.54, 1.807) is 6.07 Å². The van der Waals surface area contributed by atoms with Gasteiger partial charge in [-0.3, -0.25) is 0 Å². The number of hydrogen-bond donors (Lipinski definition) is 1. The van der Waals surface area contributed by atoms with Crippen LogP contribution in [0.1, 0.15) is 0 Å². The van der Waals surface area contributed by atoms with E-state index in [1.165, 1.54) is 12.3 Å². The Bertz CT molecular complexity index is 359. The van der Waals surface area contributed by atoms with Crippen LogP contribution >= 0.6 is 0 Å². The number of anilines is 1. The highest BCUT2D eigenvalue weighted by Crippen LogP contribution is 2.12. The van der Waals surface area contributed by atoms with Crippen LogP contribution in [0.4, 0.5) is 5.69 Å². The molecule has 0 spiro atoms. The molecule has 0 amide bonds. The van der Waals surface area contributed by atoms with E-state index in [1.807, 2.05) is 0 Å². The summed E-state index contributed by atoms with van der Waals surface area (Å²) in [6, 6.07) is 3.09. The van der Waals surface area contributed by atoms with Gasteiger partial charge in [-0.1, -0.05) is 0 Å². The lowest BCUT2D eigenvalue weighted by molar-refractivity contribution is 0.599. The molecule has 5 heteroatoms. The molecule has 1 rings (SSSR count). The van der Waals surface area contributed by atoms with Gasteiger partial charge in [-0.15, -0.1) is 0 Å². The second-order valence-corrected chi connectivity index (χ2v) is 4.10. The molecule has 1 heterocycles. The number of nitrogens with two attached hydrogens (primary N) is 1. The third-order valence-corrected chi connectivity index (χ3v) is 2.20. The zero-order chi connectivity index (χ0) is 8.48. The van der Waals surface area contributed by atoms with E-state index in [2.05, 4.69) is 4.98 Å². The van der Waals surface area contributed by atoms with Gasteiger partial charge in [0.05, 0.1) is 5.69 Å². The summed E-state index contributed by atoms with van der Waals surface area (Å²) in [5.74, 6) is 0. The SMILES string of the molecule is CS(=O)(=O)c1ncccc1N. The van der Waals surface area contributed by atoms with Crippen LogP contribution in [0.25, 0.3) is 0 Å². The third kappa shape index (κ3) is 1.68. The maximum Gasteiger partial charge on any atom is 0.194 e. The van der Waals surface area contributed by atoms with Crippen LogP contribution in [0.5, 0.6) is 0 Å². The smallest absolute Gasteiger partial charge is 0.194 e. The minimum Gasteiger partial charge on any atom is -0.396 e. The lowest BCUT2D eigenvalue weighted by atomic mass is 10.4. The molecular formula is C6H8N2O2S. The van der Waals surface area contributed by atoms with Gasteiger partial charge >= 0.3 is 0 Å². The summed E-state index contributed by atoms with van der Waals surface area (Å²) in [5.41, 5.74) is 5.55. The first-order chi connectivity index (χ1) is 5.02. The van der Waals surface area contributed by atoms with Gasteiger partial charge in [0.1, 0.15) is 0 Å². The van der Waals surface area contributed by atoms with Crippen molar-refractivity contribution in [1.29, 1.82) is 0 Å². The molecule has 11 heavy (non-hydrogen) atoms. The van der Waals surface area contributed by atoms with Crippen molar-refractivity contribution >= 4 is 15.5 Å². The number of aromatic nitrogens is 1. The van der Waals surface area contributed by atoms with E-state index < -0.39 is 9.84 Å². The number of hydrogen-bond acceptors (Lipinski definition) is 4. The summed E-state index contributed by atoms with van der Waals surface area (Å²) >= 11 is 0. The molecule has 0 bridgehead atoms. The van der Waals surface area contributed by atoms with Gasteiger partial charge in [-0.2, -0.15) is 0 Å². The average Bonchev–Trinajstić information content (AvgIpc) is 1.86. The molecule has 2 N–H and O–H groups in total. The zero-order valence-electron chi connectivity index (χ0n) is 5.98. The van der Waals surface area contributed by atoms with Crippen molar-refractivity contribution in [2.45, 2.75) is 5.03 Å². The van der Waals surface area contributed by atoms with Crippen LogP contribution in [0.3, 0.4) is 0 Å². The van der Waals surface area contributed by atoms with Gasteiger partial charge in [0, 0.05) is 12.5 Å². The van der Waals surface area contributed by atoms with Crippen LogP contribution in [0, 0.1) is 0 Å². The average molecular weight is 172 g/mol. The minimum atomic E-state index is -3.27. The Balaban J connectivity index is 3.37. The molecule has 0 atom stereocenters. The second-order valence-electron chi connectivity index (χ2n) is 2.17. The number of nitrogen functional groups attached to an aromatic ring is 1. The summed E-state index contributed by atoms with van der Waals surface area (Å²) in [4.78, 5) is 3.64. The molecule has 60 valence electrons. The van der Waals surface area contributed by atoms with Crippen molar-refractivity contribution in [3.05, 3.63) is 18.3 Å². The van der Waals surface area contributed by atoms with Crippen LogP contribution in [0.15, 0.2) is 23.4 Å². The quantitative estimate of drug-likeness (QED) is 0.650. The minimum absolute atomic E-state index is 0.0556. The van der Waals surface area contributed by atoms with Gasteiger partial charge in [0.2, 0.25) is 0 Å². The summed E-state index contributed by atoms with van der Waals surface area (Å²) in [6.07, 6.45) is 2.47. The predicted molar refractivity (Wildman–Crippen MR) is 41.8 cm³/mol. The molecule has 0 saturated carbocycles. The Morgan fingerprint density at radius 1 is 1.55 bits per heavy atom. The van der Waals surface area contributed by atoms with Crippen LogP contribution in [-0.4, -0.2) is 19.7 Å². The molecule has 0 aliphatic carbocycles. The Kier molecular flexibility index (Phi) is 1.82. The van der Waals surface area contributed by atoms with Crippen molar-refractivity contribution in [3.63, 3.8) is 0 Å². The largest absolute Gasteiger partial charge is 0.396 e. The summed E-state index contributed by atoms with van der Waals surface area (Å²) in [7, 11) is -3.27. The number of pyridine rings is 1. The maximum absolute atomic E-state index is 10.9. The topological polar surface area (TPSA) is 73.0 Å². The fourth-order valence-corrected chi connectivity index (χ4v) is 1.46. The van der Waals surface area contributed by atoms with Crippen LogP contribution in [-0.2, 0) is 9.84 Å². The highest BCUT2D eigenvalue weighted by Gasteiger charge is 2.11. The van der Waals surface area contributed by atoms with Crippen molar-refractivity contribution < 1.29 is 8.42 Å². The van der Waals surface area contributed by atoms with Gasteiger partial charge in [-0.05, 0) is 12.1 Å².